The zero-order chi connectivity index (χ0) is 50.7. The van der Waals surface area contributed by atoms with E-state index in [2.05, 4.69) is 65.2 Å². The number of para-hydroxylation sites is 1. The largest absolute Gasteiger partial charge is 0.508 e. The molecule has 0 spiro atoms. The Morgan fingerprint density at radius 3 is 0.971 bits per heavy atom. The highest BCUT2D eigenvalue weighted by Crippen LogP contribution is 2.31. The first-order valence-corrected chi connectivity index (χ1v) is 19.0. The zero-order valence-corrected chi connectivity index (χ0v) is 33.4. The fraction of sp³-hybridized carbons (Fsp3) is 0.0217. The number of fused-ring (bicyclic) bond motifs is 1. The van der Waals surface area contributed by atoms with Gasteiger partial charge >= 0.3 is 0 Å². The van der Waals surface area contributed by atoms with E-state index in [-0.39, 0.29) is 5.75 Å². The molecule has 0 saturated carbocycles. The van der Waals surface area contributed by atoms with Crippen molar-refractivity contribution in [2.24, 2.45) is 0 Å². The van der Waals surface area contributed by atoms with Crippen LogP contribution in [0, 0.1) is 116 Å². The maximum Gasteiger partial charge on any atom is 0.213 e. The molecule has 1 N–H and O–H groups in total. The topological polar surface area (TPSA) is 24.1 Å². The molecule has 0 amide bonds. The molecule has 0 bridgehead atoms. The Hall–Kier alpha value is -7.59. The Morgan fingerprint density at radius 1 is 0.319 bits per heavy atom. The van der Waals surface area contributed by atoms with E-state index < -0.39 is 144 Å². The molecule has 0 aliphatic heterocycles. The van der Waals surface area contributed by atoms with Gasteiger partial charge in [-0.3, -0.25) is 0 Å². The predicted molar refractivity (Wildman–Crippen MR) is 206 cm³/mol. The van der Waals surface area contributed by atoms with Gasteiger partial charge in [0.2, 0.25) is 11.2 Å². The standard InChI is InChI=1S/C24BF20.C22H17NO/c26-5-1(6(27)14(35)21(42)13(5)34)25(2-7(28)15(36)22(43)16(37)8(2)29,3-9(30)17(38)23(44)18(39)10(3)31)4-11(32)19(40)24(45)20(41)12(4)33;24-20-13-10-19(11-14-20)22-15-12-18-8-4-5-9-21(18)23(22)16-17-6-2-1-3-7-17/h;1-15H,16H2/q-1;/p+1. The van der Waals surface area contributed by atoms with Crippen molar-refractivity contribution in [3.05, 3.63) is 213 Å². The third-order valence-corrected chi connectivity index (χ3v) is 11.0. The van der Waals surface area contributed by atoms with Gasteiger partial charge in [-0.2, -0.15) is 4.57 Å². The van der Waals surface area contributed by atoms with Gasteiger partial charge in [0.25, 0.3) is 0 Å². The Labute approximate surface area is 372 Å². The molecule has 0 fully saturated rings. The van der Waals surface area contributed by atoms with Crippen LogP contribution in [0.25, 0.3) is 22.2 Å². The lowest BCUT2D eigenvalue weighted by Gasteiger charge is -2.44. The first kappa shape index (κ1) is 49.3. The number of aromatic nitrogens is 1. The predicted octanol–water partition coefficient (Wildman–Crippen LogP) is 10.4. The number of rotatable bonds is 7. The van der Waals surface area contributed by atoms with E-state index in [1.54, 1.807) is 12.1 Å². The number of hydrogen-bond donors (Lipinski definition) is 1. The Bertz CT molecular complexity index is 2990. The highest BCUT2D eigenvalue weighted by molar-refractivity contribution is 7.20. The van der Waals surface area contributed by atoms with E-state index in [1.807, 2.05) is 18.2 Å². The molecule has 0 unspecified atom stereocenters. The highest BCUT2D eigenvalue weighted by atomic mass is 19.2. The van der Waals surface area contributed by atoms with Crippen LogP contribution in [0.15, 0.2) is 91.0 Å². The summed E-state index contributed by atoms with van der Waals surface area (Å²) in [5, 5.41) is 10.8. The second-order valence-corrected chi connectivity index (χ2v) is 14.7. The van der Waals surface area contributed by atoms with Gasteiger partial charge in [0.15, 0.2) is 76.4 Å². The molecule has 0 aliphatic carbocycles. The van der Waals surface area contributed by atoms with Crippen molar-refractivity contribution in [2.45, 2.75) is 6.54 Å². The van der Waals surface area contributed by atoms with Crippen LogP contribution in [0.3, 0.4) is 0 Å². The molecule has 7 aromatic carbocycles. The van der Waals surface area contributed by atoms with E-state index in [9.17, 15) is 57.8 Å². The Balaban J connectivity index is 0.000000244. The summed E-state index contributed by atoms with van der Waals surface area (Å²) in [5.74, 6) is -71.1. The van der Waals surface area contributed by atoms with Crippen LogP contribution < -0.4 is 26.4 Å². The molecule has 8 rings (SSSR count). The van der Waals surface area contributed by atoms with Gasteiger partial charge < -0.3 is 5.11 Å². The van der Waals surface area contributed by atoms with Crippen LogP contribution in [-0.2, 0) is 6.54 Å². The van der Waals surface area contributed by atoms with Gasteiger partial charge in [-0.1, -0.05) is 42.5 Å². The third kappa shape index (κ3) is 7.82. The second kappa shape index (κ2) is 18.5. The van der Waals surface area contributed by atoms with Crippen LogP contribution in [-0.4, -0.2) is 11.3 Å². The molecule has 69 heavy (non-hydrogen) atoms. The number of pyridine rings is 1. The summed E-state index contributed by atoms with van der Waals surface area (Å²) in [4.78, 5) is 0. The number of nitrogens with zero attached hydrogens (tertiary/aromatic N) is 1. The maximum absolute atomic E-state index is 15.4. The van der Waals surface area contributed by atoms with Crippen molar-refractivity contribution in [1.29, 1.82) is 0 Å². The molecule has 23 heteroatoms. The van der Waals surface area contributed by atoms with Gasteiger partial charge in [-0.15, -0.1) is 21.9 Å². The van der Waals surface area contributed by atoms with E-state index >= 15 is 35.1 Å². The van der Waals surface area contributed by atoms with Crippen LogP contribution in [0.1, 0.15) is 5.56 Å². The van der Waals surface area contributed by atoms with Crippen LogP contribution in [0.4, 0.5) is 87.8 Å². The average Bonchev–Trinajstić information content (AvgIpc) is 3.34. The summed E-state index contributed by atoms with van der Waals surface area (Å²) in [6, 6.07) is 30.6. The minimum atomic E-state index is -7.22. The van der Waals surface area contributed by atoms with Crippen molar-refractivity contribution in [3.63, 3.8) is 0 Å². The molecular formula is C46H18BF20NO. The van der Waals surface area contributed by atoms with Crippen LogP contribution in [0.5, 0.6) is 5.75 Å². The summed E-state index contributed by atoms with van der Waals surface area (Å²) in [6.45, 7) is 0.804. The number of hydrogen-bond acceptors (Lipinski definition) is 1. The Morgan fingerprint density at radius 2 is 0.623 bits per heavy atom. The number of halogens is 20. The number of aromatic hydroxyl groups is 1. The van der Waals surface area contributed by atoms with Gasteiger partial charge in [-0.25, -0.2) is 87.8 Å². The van der Waals surface area contributed by atoms with E-state index in [0.29, 0.717) is 0 Å². The molecule has 356 valence electrons. The van der Waals surface area contributed by atoms with Crippen molar-refractivity contribution < 1.29 is 97.5 Å². The summed E-state index contributed by atoms with van der Waals surface area (Å²) in [5.41, 5.74) is -9.64. The monoisotopic (exact) mass is 991 g/mol. The molecule has 0 atom stereocenters. The van der Waals surface area contributed by atoms with Gasteiger partial charge in [-0.05, 0) is 36.4 Å². The first-order chi connectivity index (χ1) is 32.5. The van der Waals surface area contributed by atoms with Crippen LogP contribution in [0.2, 0.25) is 0 Å². The summed E-state index contributed by atoms with van der Waals surface area (Å²) in [7, 11) is 0. The lowest BCUT2D eigenvalue weighted by Crippen LogP contribution is -2.81. The number of phenolic OH excluding ortho intramolecular Hbond substituents is 1. The minimum Gasteiger partial charge on any atom is -0.508 e. The molecule has 0 radical (unpaired) electrons. The van der Waals surface area contributed by atoms with Crippen molar-refractivity contribution in [3.8, 4) is 17.0 Å². The third-order valence-electron chi connectivity index (χ3n) is 11.0. The van der Waals surface area contributed by atoms with Crippen molar-refractivity contribution in [2.75, 3.05) is 0 Å². The SMILES string of the molecule is Fc1c(F)c(F)c([B-](c2c(F)c(F)c(F)c(F)c2F)(c2c(F)c(F)c(F)c(F)c2F)c2c(F)c(F)c(F)c(F)c2F)c(F)c1F.Oc1ccc(-c2ccc3ccccc3[n+]2Cc2ccccc2)cc1. The maximum atomic E-state index is 15.4. The normalized spacial score (nSPS) is 11.6. The summed E-state index contributed by atoms with van der Waals surface area (Å²) < 4.78 is 296. The first-order valence-electron chi connectivity index (χ1n) is 19.0. The minimum absolute atomic E-state index is 0.286. The van der Waals surface area contributed by atoms with E-state index in [0.717, 1.165) is 17.8 Å². The quantitative estimate of drug-likeness (QED) is 0.0556. The second-order valence-electron chi connectivity index (χ2n) is 14.7. The van der Waals surface area contributed by atoms with E-state index in [4.69, 9.17) is 0 Å². The molecule has 0 aliphatic rings. The summed E-state index contributed by atoms with van der Waals surface area (Å²) in [6.07, 6.45) is -7.22. The molecule has 1 aromatic heterocycles. The van der Waals surface area contributed by atoms with Gasteiger partial charge in [0.1, 0.15) is 58.4 Å². The molecule has 8 aromatic rings. The fourth-order valence-electron chi connectivity index (χ4n) is 7.96. The van der Waals surface area contributed by atoms with Crippen molar-refractivity contribution in [1.82, 2.24) is 0 Å². The van der Waals surface area contributed by atoms with E-state index in [1.165, 1.54) is 16.5 Å². The highest BCUT2D eigenvalue weighted by Gasteiger charge is 2.52. The van der Waals surface area contributed by atoms with Crippen molar-refractivity contribution >= 4 is 38.9 Å². The van der Waals surface area contributed by atoms with Crippen LogP contribution >= 0.6 is 0 Å². The number of phenols is 1. The smallest absolute Gasteiger partial charge is 0.213 e. The lowest BCUT2D eigenvalue weighted by atomic mass is 9.12. The molecule has 2 nitrogen and oxygen atoms in total. The summed E-state index contributed by atoms with van der Waals surface area (Å²) >= 11 is 0. The fourth-order valence-corrected chi connectivity index (χ4v) is 7.96. The number of benzene rings is 7. The average molecular weight is 991 g/mol. The zero-order valence-electron chi connectivity index (χ0n) is 33.4. The molecular weight excluding hydrogens is 973 g/mol. The lowest BCUT2D eigenvalue weighted by molar-refractivity contribution is -0.651. The van der Waals surface area contributed by atoms with Gasteiger partial charge in [0.05, 0.1) is 0 Å². The molecule has 1 heterocycles. The molecule has 0 saturated heterocycles. The van der Waals surface area contributed by atoms with Gasteiger partial charge in [0, 0.05) is 28.6 Å². The Kier molecular flexibility index (Phi) is 13.2.